The zero-order chi connectivity index (χ0) is 13.2. The van der Waals surface area contributed by atoms with Gasteiger partial charge in [-0.25, -0.2) is 0 Å². The zero-order valence-electron chi connectivity index (χ0n) is 11.9. The third kappa shape index (κ3) is 2.54. The molecule has 0 saturated carbocycles. The van der Waals surface area contributed by atoms with Gasteiger partial charge in [-0.2, -0.15) is 0 Å². The monoisotopic (exact) mass is 246 g/mol. The molecule has 0 bridgehead atoms. The van der Waals surface area contributed by atoms with Gasteiger partial charge in [0.1, 0.15) is 0 Å². The number of hydrogen-bond acceptors (Lipinski definition) is 2. The second kappa shape index (κ2) is 5.31. The van der Waals surface area contributed by atoms with Crippen molar-refractivity contribution < 1.29 is 0 Å². The normalized spacial score (nSPS) is 20.1. The standard InChI is InChI=1S/C16H26N2/c1-4-16(5-2)10-11-18(12-16)15-8-6-14(7-9-15)13(3)17/h6-9,13H,4-5,10-12,17H2,1-3H3. The Morgan fingerprint density at radius 3 is 2.28 bits per heavy atom. The highest BCUT2D eigenvalue weighted by Gasteiger charge is 2.34. The highest BCUT2D eigenvalue weighted by molar-refractivity contribution is 5.49. The summed E-state index contributed by atoms with van der Waals surface area (Å²) in [5, 5.41) is 0. The average molecular weight is 246 g/mol. The van der Waals surface area contributed by atoms with Crippen molar-refractivity contribution >= 4 is 5.69 Å². The molecular weight excluding hydrogens is 220 g/mol. The van der Waals surface area contributed by atoms with Crippen LogP contribution < -0.4 is 10.6 Å². The second-order valence-electron chi connectivity index (χ2n) is 5.76. The van der Waals surface area contributed by atoms with Gasteiger partial charge in [-0.15, -0.1) is 0 Å². The van der Waals surface area contributed by atoms with Crippen LogP contribution in [-0.2, 0) is 0 Å². The van der Waals surface area contributed by atoms with Gasteiger partial charge in [-0.1, -0.05) is 26.0 Å². The summed E-state index contributed by atoms with van der Waals surface area (Å²) in [7, 11) is 0. The highest BCUT2D eigenvalue weighted by atomic mass is 15.2. The Bertz CT molecular complexity index is 377. The maximum Gasteiger partial charge on any atom is 0.0366 e. The number of hydrogen-bond donors (Lipinski definition) is 1. The third-order valence-corrected chi connectivity index (χ3v) is 4.72. The van der Waals surface area contributed by atoms with E-state index in [1.165, 1.54) is 43.6 Å². The lowest BCUT2D eigenvalue weighted by Gasteiger charge is -2.27. The van der Waals surface area contributed by atoms with Crippen LogP contribution in [0.25, 0.3) is 0 Å². The first-order chi connectivity index (χ1) is 8.60. The van der Waals surface area contributed by atoms with E-state index in [0.29, 0.717) is 5.41 Å². The van der Waals surface area contributed by atoms with Gasteiger partial charge in [0.15, 0.2) is 0 Å². The van der Waals surface area contributed by atoms with Gasteiger partial charge in [0, 0.05) is 24.8 Å². The molecule has 100 valence electrons. The highest BCUT2D eigenvalue weighted by Crippen LogP contribution is 2.39. The van der Waals surface area contributed by atoms with Crippen molar-refractivity contribution in [3.05, 3.63) is 29.8 Å². The molecule has 2 heteroatoms. The lowest BCUT2D eigenvalue weighted by Crippen LogP contribution is -2.26. The van der Waals surface area contributed by atoms with Crippen LogP contribution in [0.1, 0.15) is 51.6 Å². The molecule has 18 heavy (non-hydrogen) atoms. The van der Waals surface area contributed by atoms with Gasteiger partial charge in [-0.05, 0) is 49.3 Å². The summed E-state index contributed by atoms with van der Waals surface area (Å²) in [6.45, 7) is 9.08. The molecule has 1 aromatic rings. The maximum absolute atomic E-state index is 5.89. The van der Waals surface area contributed by atoms with Crippen molar-refractivity contribution in [2.45, 2.75) is 46.1 Å². The molecule has 1 aliphatic rings. The number of rotatable bonds is 4. The summed E-state index contributed by atoms with van der Waals surface area (Å²) in [5.41, 5.74) is 9.00. The summed E-state index contributed by atoms with van der Waals surface area (Å²) >= 11 is 0. The van der Waals surface area contributed by atoms with E-state index in [2.05, 4.69) is 43.0 Å². The quantitative estimate of drug-likeness (QED) is 0.877. The minimum Gasteiger partial charge on any atom is -0.371 e. The topological polar surface area (TPSA) is 29.3 Å². The fourth-order valence-electron chi connectivity index (χ4n) is 2.97. The molecule has 0 spiro atoms. The summed E-state index contributed by atoms with van der Waals surface area (Å²) < 4.78 is 0. The molecule has 0 aliphatic carbocycles. The Labute approximate surface area is 111 Å². The van der Waals surface area contributed by atoms with Crippen molar-refractivity contribution in [3.8, 4) is 0 Å². The molecule has 1 aromatic carbocycles. The molecule has 0 radical (unpaired) electrons. The van der Waals surface area contributed by atoms with E-state index in [4.69, 9.17) is 5.73 Å². The van der Waals surface area contributed by atoms with E-state index in [1.54, 1.807) is 0 Å². The Balaban J connectivity index is 2.09. The predicted octanol–water partition coefficient (Wildman–Crippen LogP) is 3.72. The molecule has 0 amide bonds. The van der Waals surface area contributed by atoms with Crippen LogP contribution in [0.3, 0.4) is 0 Å². The van der Waals surface area contributed by atoms with Crippen LogP contribution >= 0.6 is 0 Å². The van der Waals surface area contributed by atoms with E-state index in [-0.39, 0.29) is 6.04 Å². The van der Waals surface area contributed by atoms with Crippen LogP contribution in [-0.4, -0.2) is 13.1 Å². The Hall–Kier alpha value is -1.02. The molecule has 2 N–H and O–H groups in total. The van der Waals surface area contributed by atoms with Crippen molar-refractivity contribution in [1.82, 2.24) is 0 Å². The van der Waals surface area contributed by atoms with Gasteiger partial charge >= 0.3 is 0 Å². The number of benzene rings is 1. The van der Waals surface area contributed by atoms with Gasteiger partial charge in [0.05, 0.1) is 0 Å². The minimum atomic E-state index is 0.128. The second-order valence-corrected chi connectivity index (χ2v) is 5.76. The minimum absolute atomic E-state index is 0.128. The van der Waals surface area contributed by atoms with Gasteiger partial charge in [0.2, 0.25) is 0 Å². The SMILES string of the molecule is CCC1(CC)CCN(c2ccc(C(C)N)cc2)C1. The fourth-order valence-corrected chi connectivity index (χ4v) is 2.97. The van der Waals surface area contributed by atoms with E-state index in [1.807, 2.05) is 6.92 Å². The summed E-state index contributed by atoms with van der Waals surface area (Å²) in [6.07, 6.45) is 3.91. The molecule has 2 nitrogen and oxygen atoms in total. The van der Waals surface area contributed by atoms with Crippen molar-refractivity contribution in [2.75, 3.05) is 18.0 Å². The third-order valence-electron chi connectivity index (χ3n) is 4.72. The molecule has 1 fully saturated rings. The van der Waals surface area contributed by atoms with Crippen LogP contribution in [0.15, 0.2) is 24.3 Å². The number of nitrogens with zero attached hydrogens (tertiary/aromatic N) is 1. The van der Waals surface area contributed by atoms with Crippen LogP contribution in [0.2, 0.25) is 0 Å². The van der Waals surface area contributed by atoms with Gasteiger partial charge in [0.25, 0.3) is 0 Å². The molecule has 1 atom stereocenters. The average Bonchev–Trinajstić information content (AvgIpc) is 2.84. The maximum atomic E-state index is 5.89. The van der Waals surface area contributed by atoms with Crippen LogP contribution in [0.4, 0.5) is 5.69 Å². The molecule has 2 rings (SSSR count). The molecule has 1 aliphatic heterocycles. The Morgan fingerprint density at radius 2 is 1.83 bits per heavy atom. The van der Waals surface area contributed by atoms with E-state index in [0.717, 1.165) is 0 Å². The number of nitrogens with two attached hydrogens (primary N) is 1. The van der Waals surface area contributed by atoms with Crippen molar-refractivity contribution in [1.29, 1.82) is 0 Å². The van der Waals surface area contributed by atoms with Gasteiger partial charge < -0.3 is 10.6 Å². The van der Waals surface area contributed by atoms with E-state index in [9.17, 15) is 0 Å². The summed E-state index contributed by atoms with van der Waals surface area (Å²) in [4.78, 5) is 2.53. The molecule has 1 heterocycles. The number of anilines is 1. The summed E-state index contributed by atoms with van der Waals surface area (Å²) in [5.74, 6) is 0. The van der Waals surface area contributed by atoms with Crippen molar-refractivity contribution in [3.63, 3.8) is 0 Å². The first-order valence-corrected chi connectivity index (χ1v) is 7.21. The van der Waals surface area contributed by atoms with Gasteiger partial charge in [-0.3, -0.25) is 0 Å². The molecule has 1 unspecified atom stereocenters. The Morgan fingerprint density at radius 1 is 1.22 bits per heavy atom. The molecule has 1 saturated heterocycles. The largest absolute Gasteiger partial charge is 0.371 e. The lowest BCUT2D eigenvalue weighted by atomic mass is 9.82. The van der Waals surface area contributed by atoms with Crippen molar-refractivity contribution in [2.24, 2.45) is 11.1 Å². The molecule has 0 aromatic heterocycles. The van der Waals surface area contributed by atoms with E-state index >= 15 is 0 Å². The van der Waals surface area contributed by atoms with Crippen LogP contribution in [0, 0.1) is 5.41 Å². The summed E-state index contributed by atoms with van der Waals surface area (Å²) in [6, 6.07) is 8.90. The first-order valence-electron chi connectivity index (χ1n) is 7.21. The zero-order valence-corrected chi connectivity index (χ0v) is 11.9. The smallest absolute Gasteiger partial charge is 0.0366 e. The first kappa shape index (κ1) is 13.4. The predicted molar refractivity (Wildman–Crippen MR) is 78.9 cm³/mol. The Kier molecular flexibility index (Phi) is 3.96. The van der Waals surface area contributed by atoms with E-state index < -0.39 is 0 Å². The fraction of sp³-hybridized carbons (Fsp3) is 0.625. The molecular formula is C16H26N2. The lowest BCUT2D eigenvalue weighted by molar-refractivity contribution is 0.301. The van der Waals surface area contributed by atoms with Crippen LogP contribution in [0.5, 0.6) is 0 Å².